The van der Waals surface area contributed by atoms with E-state index in [9.17, 15) is 8.42 Å². The van der Waals surface area contributed by atoms with Crippen LogP contribution < -0.4 is 4.90 Å². The van der Waals surface area contributed by atoms with Crippen LogP contribution in [-0.4, -0.2) is 45.4 Å². The Morgan fingerprint density at radius 1 is 0.958 bits per heavy atom. The summed E-state index contributed by atoms with van der Waals surface area (Å²) in [6, 6.07) is 14.6. The quantitative estimate of drug-likeness (QED) is 0.899. The van der Waals surface area contributed by atoms with Crippen molar-refractivity contribution in [2.45, 2.75) is 11.8 Å². The maximum Gasteiger partial charge on any atom is 0.243 e. The number of nitrogens with one attached hydrogen (secondary N) is 1. The predicted molar refractivity (Wildman–Crippen MR) is 96.9 cm³/mol. The van der Waals surface area contributed by atoms with E-state index in [4.69, 9.17) is 11.6 Å². The number of halogens is 1. The van der Waals surface area contributed by atoms with E-state index in [1.165, 1.54) is 4.90 Å². The minimum absolute atomic E-state index is 0.361. The van der Waals surface area contributed by atoms with Crippen LogP contribution in [0.25, 0.3) is 11.1 Å². The highest BCUT2D eigenvalue weighted by atomic mass is 35.5. The molecule has 1 aliphatic rings. The molecule has 0 aliphatic carbocycles. The molecule has 0 aromatic heterocycles. The highest BCUT2D eigenvalue weighted by Gasteiger charge is 2.29. The molecule has 0 spiro atoms. The second-order valence-corrected chi connectivity index (χ2v) is 8.41. The fraction of sp³-hybridized carbons (Fsp3) is 0.333. The van der Waals surface area contributed by atoms with Crippen molar-refractivity contribution in [2.75, 3.05) is 32.7 Å². The standard InChI is InChI=1S/C18H21ClN2O2S/c1-2-20-11-13-21(14-12-20)24(22,23)18-9-5-16(6-10-18)15-3-7-17(19)8-4-15/h3-10H,2,11-14H2,1H3/p+1. The van der Waals surface area contributed by atoms with Gasteiger partial charge in [-0.15, -0.1) is 0 Å². The van der Waals surface area contributed by atoms with E-state index >= 15 is 0 Å². The smallest absolute Gasteiger partial charge is 0.243 e. The largest absolute Gasteiger partial charge is 0.333 e. The number of rotatable bonds is 4. The van der Waals surface area contributed by atoms with Crippen LogP contribution in [0.4, 0.5) is 0 Å². The lowest BCUT2D eigenvalue weighted by Crippen LogP contribution is -3.14. The molecular weight excluding hydrogens is 344 g/mol. The monoisotopic (exact) mass is 365 g/mol. The Labute approximate surface area is 148 Å². The van der Waals surface area contributed by atoms with E-state index in [2.05, 4.69) is 6.92 Å². The molecule has 3 rings (SSSR count). The summed E-state index contributed by atoms with van der Waals surface area (Å²) in [5, 5.41) is 0.686. The van der Waals surface area contributed by atoms with Gasteiger partial charge in [0.15, 0.2) is 0 Å². The zero-order valence-electron chi connectivity index (χ0n) is 13.7. The molecule has 1 saturated heterocycles. The molecule has 0 amide bonds. The molecule has 0 radical (unpaired) electrons. The maximum atomic E-state index is 12.8. The van der Waals surface area contributed by atoms with Gasteiger partial charge in [0.1, 0.15) is 0 Å². The number of likely N-dealkylation sites (N-methyl/N-ethyl adjacent to an activating group) is 1. The maximum absolute atomic E-state index is 12.8. The normalized spacial score (nSPS) is 17.1. The molecule has 6 heteroatoms. The highest BCUT2D eigenvalue weighted by molar-refractivity contribution is 7.89. The van der Waals surface area contributed by atoms with Gasteiger partial charge in [0.25, 0.3) is 0 Å². The van der Waals surface area contributed by atoms with E-state index in [0.717, 1.165) is 30.8 Å². The molecule has 2 aromatic rings. The van der Waals surface area contributed by atoms with Gasteiger partial charge in [-0.2, -0.15) is 4.31 Å². The van der Waals surface area contributed by atoms with Gasteiger partial charge in [0, 0.05) is 5.02 Å². The van der Waals surface area contributed by atoms with Crippen LogP contribution in [0.2, 0.25) is 5.02 Å². The van der Waals surface area contributed by atoms with Crippen molar-refractivity contribution in [3.63, 3.8) is 0 Å². The van der Waals surface area contributed by atoms with Gasteiger partial charge < -0.3 is 4.90 Å². The Morgan fingerprint density at radius 2 is 1.46 bits per heavy atom. The van der Waals surface area contributed by atoms with Gasteiger partial charge in [0.05, 0.1) is 37.6 Å². The summed E-state index contributed by atoms with van der Waals surface area (Å²) in [7, 11) is -3.40. The van der Waals surface area contributed by atoms with Crippen molar-refractivity contribution in [2.24, 2.45) is 0 Å². The lowest BCUT2D eigenvalue weighted by Gasteiger charge is -2.30. The first kappa shape index (κ1) is 17.4. The van der Waals surface area contributed by atoms with Crippen molar-refractivity contribution >= 4 is 21.6 Å². The summed E-state index contributed by atoms with van der Waals surface area (Å²) >= 11 is 5.90. The number of hydrogen-bond donors (Lipinski definition) is 1. The summed E-state index contributed by atoms with van der Waals surface area (Å²) < 4.78 is 27.1. The first-order chi connectivity index (χ1) is 11.5. The highest BCUT2D eigenvalue weighted by Crippen LogP contribution is 2.24. The summed E-state index contributed by atoms with van der Waals surface area (Å²) in [5.41, 5.74) is 1.99. The van der Waals surface area contributed by atoms with Crippen molar-refractivity contribution in [1.82, 2.24) is 4.31 Å². The van der Waals surface area contributed by atoms with E-state index in [-0.39, 0.29) is 0 Å². The van der Waals surface area contributed by atoms with Crippen molar-refractivity contribution in [3.8, 4) is 11.1 Å². The van der Waals surface area contributed by atoms with Crippen molar-refractivity contribution < 1.29 is 13.3 Å². The van der Waals surface area contributed by atoms with Crippen LogP contribution in [0.3, 0.4) is 0 Å². The molecule has 0 bridgehead atoms. The Bertz CT molecular complexity index is 781. The fourth-order valence-corrected chi connectivity index (χ4v) is 4.57. The topological polar surface area (TPSA) is 41.8 Å². The third kappa shape index (κ3) is 3.64. The summed E-state index contributed by atoms with van der Waals surface area (Å²) in [4.78, 5) is 1.82. The van der Waals surface area contributed by atoms with Crippen LogP contribution >= 0.6 is 11.6 Å². The molecule has 4 nitrogen and oxygen atoms in total. The molecular formula is C18H22ClN2O2S+. The number of nitrogens with zero attached hydrogens (tertiary/aromatic N) is 1. The number of piperazine rings is 1. The third-order valence-electron chi connectivity index (χ3n) is 4.60. The molecule has 2 aromatic carbocycles. The Kier molecular flexibility index (Phi) is 5.25. The molecule has 1 fully saturated rings. The molecule has 1 aliphatic heterocycles. The third-order valence-corrected chi connectivity index (χ3v) is 6.76. The summed E-state index contributed by atoms with van der Waals surface area (Å²) in [6.45, 7) is 6.10. The Morgan fingerprint density at radius 3 is 1.96 bits per heavy atom. The van der Waals surface area contributed by atoms with Gasteiger partial charge in [0.2, 0.25) is 10.0 Å². The number of hydrogen-bond acceptors (Lipinski definition) is 2. The van der Waals surface area contributed by atoms with Crippen LogP contribution in [0.5, 0.6) is 0 Å². The predicted octanol–water partition coefficient (Wildman–Crippen LogP) is 1.92. The minimum atomic E-state index is -3.40. The Balaban J connectivity index is 1.78. The lowest BCUT2D eigenvalue weighted by molar-refractivity contribution is -0.901. The fourth-order valence-electron chi connectivity index (χ4n) is 3.01. The number of benzene rings is 2. The number of quaternary nitrogens is 1. The molecule has 1 N–H and O–H groups in total. The summed E-state index contributed by atoms with van der Waals surface area (Å²) in [5.74, 6) is 0. The van der Waals surface area contributed by atoms with Gasteiger partial charge in [-0.25, -0.2) is 8.42 Å². The van der Waals surface area contributed by atoms with Gasteiger partial charge in [-0.3, -0.25) is 0 Å². The molecule has 0 unspecified atom stereocenters. The van der Waals surface area contributed by atoms with E-state index in [1.807, 2.05) is 36.4 Å². The van der Waals surface area contributed by atoms with E-state index < -0.39 is 10.0 Å². The SMILES string of the molecule is CC[NH+]1CCN(S(=O)(=O)c2ccc(-c3ccc(Cl)cc3)cc2)CC1. The first-order valence-corrected chi connectivity index (χ1v) is 10.0. The molecule has 0 atom stereocenters. The van der Waals surface area contributed by atoms with Crippen LogP contribution in [0.15, 0.2) is 53.4 Å². The van der Waals surface area contributed by atoms with Gasteiger partial charge in [-0.1, -0.05) is 35.9 Å². The van der Waals surface area contributed by atoms with Crippen LogP contribution in [-0.2, 0) is 10.0 Å². The molecule has 1 heterocycles. The first-order valence-electron chi connectivity index (χ1n) is 8.20. The zero-order valence-corrected chi connectivity index (χ0v) is 15.3. The van der Waals surface area contributed by atoms with E-state index in [0.29, 0.717) is 23.0 Å². The minimum Gasteiger partial charge on any atom is -0.333 e. The van der Waals surface area contributed by atoms with Crippen molar-refractivity contribution in [3.05, 3.63) is 53.6 Å². The second kappa shape index (κ2) is 7.23. The van der Waals surface area contributed by atoms with Crippen LogP contribution in [0, 0.1) is 0 Å². The second-order valence-electron chi connectivity index (χ2n) is 6.04. The summed E-state index contributed by atoms with van der Waals surface area (Å²) in [6.07, 6.45) is 0. The Hall–Kier alpha value is -1.40. The molecule has 0 saturated carbocycles. The van der Waals surface area contributed by atoms with Crippen molar-refractivity contribution in [1.29, 1.82) is 0 Å². The van der Waals surface area contributed by atoms with Crippen LogP contribution in [0.1, 0.15) is 6.92 Å². The average molecular weight is 366 g/mol. The average Bonchev–Trinajstić information content (AvgIpc) is 2.62. The lowest BCUT2D eigenvalue weighted by atomic mass is 10.1. The molecule has 24 heavy (non-hydrogen) atoms. The van der Waals surface area contributed by atoms with Gasteiger partial charge >= 0.3 is 0 Å². The molecule has 128 valence electrons. The van der Waals surface area contributed by atoms with E-state index in [1.54, 1.807) is 16.4 Å². The zero-order chi connectivity index (χ0) is 17.2. The number of sulfonamides is 1. The van der Waals surface area contributed by atoms with Gasteiger partial charge in [-0.05, 0) is 42.3 Å².